The van der Waals surface area contributed by atoms with Crippen molar-refractivity contribution >= 4 is 15.7 Å². The lowest BCUT2D eigenvalue weighted by molar-refractivity contribution is 0.342. The van der Waals surface area contributed by atoms with Gasteiger partial charge in [0.05, 0.1) is 18.4 Å². The monoisotopic (exact) mass is 254 g/mol. The first kappa shape index (κ1) is 13.3. The van der Waals surface area contributed by atoms with Gasteiger partial charge in [-0.05, 0) is 26.0 Å². The van der Waals surface area contributed by atoms with Crippen molar-refractivity contribution in [3.8, 4) is 11.8 Å². The Kier molecular flexibility index (Phi) is 4.35. The average molecular weight is 254 g/mol. The average Bonchev–Trinajstić information content (AvgIpc) is 2.30. The van der Waals surface area contributed by atoms with E-state index in [1.807, 2.05) is 6.92 Å². The minimum Gasteiger partial charge on any atom is -0.492 e. The van der Waals surface area contributed by atoms with E-state index in [0.717, 1.165) is 0 Å². The Hall–Kier alpha value is -1.74. The van der Waals surface area contributed by atoms with Crippen molar-refractivity contribution in [3.63, 3.8) is 0 Å². The zero-order valence-corrected chi connectivity index (χ0v) is 10.5. The third-order valence-electron chi connectivity index (χ3n) is 2.09. The summed E-state index contributed by atoms with van der Waals surface area (Å²) in [7, 11) is -3.70. The standard InChI is InChI=1S/C11H14N2O3S/c1-3-16-11-7-5-4-6-10(11)13-17(14,15)9(2)8-12/h4-7,9,13H,3H2,1-2H3. The van der Waals surface area contributed by atoms with Gasteiger partial charge in [0.2, 0.25) is 10.0 Å². The summed E-state index contributed by atoms with van der Waals surface area (Å²) in [5, 5.41) is 7.51. The Morgan fingerprint density at radius 1 is 1.47 bits per heavy atom. The van der Waals surface area contributed by atoms with Gasteiger partial charge in [-0.1, -0.05) is 12.1 Å². The fourth-order valence-corrected chi connectivity index (χ4v) is 1.93. The molecule has 0 amide bonds. The lowest BCUT2D eigenvalue weighted by Gasteiger charge is -2.13. The number of sulfonamides is 1. The van der Waals surface area contributed by atoms with Gasteiger partial charge in [0.15, 0.2) is 5.25 Å². The normalized spacial score (nSPS) is 12.5. The fourth-order valence-electron chi connectivity index (χ4n) is 1.14. The van der Waals surface area contributed by atoms with Crippen molar-refractivity contribution in [2.45, 2.75) is 19.1 Å². The van der Waals surface area contributed by atoms with E-state index in [9.17, 15) is 8.42 Å². The number of hydrogen-bond acceptors (Lipinski definition) is 4. The molecular weight excluding hydrogens is 240 g/mol. The van der Waals surface area contributed by atoms with Gasteiger partial charge in [0, 0.05) is 0 Å². The summed E-state index contributed by atoms with van der Waals surface area (Å²) in [5.74, 6) is 0.448. The second-order valence-electron chi connectivity index (χ2n) is 3.35. The van der Waals surface area contributed by atoms with Crippen molar-refractivity contribution in [2.75, 3.05) is 11.3 Å². The van der Waals surface area contributed by atoms with E-state index in [1.165, 1.54) is 6.92 Å². The van der Waals surface area contributed by atoms with Crippen LogP contribution in [-0.2, 0) is 10.0 Å². The van der Waals surface area contributed by atoms with E-state index in [4.69, 9.17) is 10.00 Å². The van der Waals surface area contributed by atoms with Crippen LogP contribution in [0.4, 0.5) is 5.69 Å². The first-order valence-electron chi connectivity index (χ1n) is 5.14. The highest BCUT2D eigenvalue weighted by atomic mass is 32.2. The van der Waals surface area contributed by atoms with Crippen LogP contribution in [0, 0.1) is 11.3 Å². The topological polar surface area (TPSA) is 79.2 Å². The molecule has 0 radical (unpaired) electrons. The Morgan fingerprint density at radius 3 is 2.71 bits per heavy atom. The quantitative estimate of drug-likeness (QED) is 0.868. The van der Waals surface area contributed by atoms with Gasteiger partial charge in [0.25, 0.3) is 0 Å². The summed E-state index contributed by atoms with van der Waals surface area (Å²) in [5.41, 5.74) is 0.344. The molecule has 1 unspecified atom stereocenters. The lowest BCUT2D eigenvalue weighted by Crippen LogP contribution is -2.24. The largest absolute Gasteiger partial charge is 0.492 e. The Morgan fingerprint density at radius 2 is 2.12 bits per heavy atom. The molecular formula is C11H14N2O3S. The minimum atomic E-state index is -3.70. The highest BCUT2D eigenvalue weighted by molar-refractivity contribution is 7.93. The molecule has 1 rings (SSSR count). The van der Waals surface area contributed by atoms with Crippen LogP contribution < -0.4 is 9.46 Å². The van der Waals surface area contributed by atoms with E-state index >= 15 is 0 Å². The zero-order valence-electron chi connectivity index (χ0n) is 9.67. The van der Waals surface area contributed by atoms with Gasteiger partial charge in [-0.15, -0.1) is 0 Å². The molecule has 1 N–H and O–H groups in total. The minimum absolute atomic E-state index is 0.344. The maximum Gasteiger partial charge on any atom is 0.248 e. The molecule has 0 heterocycles. The predicted molar refractivity (Wildman–Crippen MR) is 65.2 cm³/mol. The Labute approximate surface area is 101 Å². The SMILES string of the molecule is CCOc1ccccc1NS(=O)(=O)C(C)C#N. The van der Waals surface area contributed by atoms with Crippen molar-refractivity contribution in [1.29, 1.82) is 5.26 Å². The van der Waals surface area contributed by atoms with Crippen LogP contribution >= 0.6 is 0 Å². The van der Waals surface area contributed by atoms with Crippen LogP contribution in [0.2, 0.25) is 0 Å². The molecule has 0 aliphatic carbocycles. The maximum absolute atomic E-state index is 11.7. The summed E-state index contributed by atoms with van der Waals surface area (Å²) in [4.78, 5) is 0. The summed E-state index contributed by atoms with van der Waals surface area (Å²) in [6.07, 6.45) is 0. The highest BCUT2D eigenvalue weighted by Gasteiger charge is 2.21. The van der Waals surface area contributed by atoms with Gasteiger partial charge < -0.3 is 4.74 Å². The molecule has 1 aromatic carbocycles. The molecule has 0 spiro atoms. The van der Waals surface area contributed by atoms with E-state index in [0.29, 0.717) is 18.0 Å². The first-order chi connectivity index (χ1) is 8.01. The number of anilines is 1. The van der Waals surface area contributed by atoms with Crippen LogP contribution in [0.15, 0.2) is 24.3 Å². The van der Waals surface area contributed by atoms with E-state index in [-0.39, 0.29) is 0 Å². The molecule has 0 aliphatic rings. The molecule has 6 heteroatoms. The number of nitriles is 1. The third-order valence-corrected chi connectivity index (χ3v) is 3.63. The molecule has 0 saturated carbocycles. The summed E-state index contributed by atoms with van der Waals surface area (Å²) >= 11 is 0. The van der Waals surface area contributed by atoms with Crippen molar-refractivity contribution < 1.29 is 13.2 Å². The van der Waals surface area contributed by atoms with Crippen LogP contribution in [0.25, 0.3) is 0 Å². The predicted octanol–water partition coefficient (Wildman–Crippen LogP) is 1.74. The molecule has 1 aromatic rings. The fraction of sp³-hybridized carbons (Fsp3) is 0.364. The van der Waals surface area contributed by atoms with Gasteiger partial charge in [-0.2, -0.15) is 5.26 Å². The number of nitrogens with zero attached hydrogens (tertiary/aromatic N) is 1. The number of benzene rings is 1. The Bertz CT molecular complexity index is 520. The summed E-state index contributed by atoms with van der Waals surface area (Å²) in [6.45, 7) is 3.57. The number of rotatable bonds is 5. The molecule has 0 aliphatic heterocycles. The number of para-hydroxylation sites is 2. The van der Waals surface area contributed by atoms with Gasteiger partial charge in [0.1, 0.15) is 5.75 Å². The highest BCUT2D eigenvalue weighted by Crippen LogP contribution is 2.25. The van der Waals surface area contributed by atoms with Crippen LogP contribution in [0.1, 0.15) is 13.8 Å². The van der Waals surface area contributed by atoms with Gasteiger partial charge in [-0.25, -0.2) is 8.42 Å². The molecule has 0 aromatic heterocycles. The van der Waals surface area contributed by atoms with Crippen LogP contribution in [0.5, 0.6) is 5.75 Å². The lowest BCUT2D eigenvalue weighted by atomic mass is 10.3. The van der Waals surface area contributed by atoms with Crippen molar-refractivity contribution in [1.82, 2.24) is 0 Å². The zero-order chi connectivity index (χ0) is 12.9. The molecule has 0 bridgehead atoms. The molecule has 17 heavy (non-hydrogen) atoms. The second kappa shape index (κ2) is 5.55. The second-order valence-corrected chi connectivity index (χ2v) is 5.35. The third kappa shape index (κ3) is 3.36. The Balaban J connectivity index is 3.00. The number of hydrogen-bond donors (Lipinski definition) is 1. The smallest absolute Gasteiger partial charge is 0.248 e. The maximum atomic E-state index is 11.7. The van der Waals surface area contributed by atoms with Gasteiger partial charge in [-0.3, -0.25) is 4.72 Å². The van der Waals surface area contributed by atoms with Crippen LogP contribution in [0.3, 0.4) is 0 Å². The van der Waals surface area contributed by atoms with Crippen molar-refractivity contribution in [2.24, 2.45) is 0 Å². The molecule has 0 saturated heterocycles. The molecule has 92 valence electrons. The molecule has 0 fully saturated rings. The molecule has 1 atom stereocenters. The summed E-state index contributed by atoms with van der Waals surface area (Å²) < 4.78 is 31.0. The van der Waals surface area contributed by atoms with Crippen LogP contribution in [-0.4, -0.2) is 20.3 Å². The number of ether oxygens (including phenoxy) is 1. The van der Waals surface area contributed by atoms with E-state index < -0.39 is 15.3 Å². The van der Waals surface area contributed by atoms with E-state index in [2.05, 4.69) is 4.72 Å². The first-order valence-corrected chi connectivity index (χ1v) is 6.69. The van der Waals surface area contributed by atoms with Gasteiger partial charge >= 0.3 is 0 Å². The molecule has 5 nitrogen and oxygen atoms in total. The number of nitrogens with one attached hydrogen (secondary N) is 1. The van der Waals surface area contributed by atoms with E-state index in [1.54, 1.807) is 30.3 Å². The van der Waals surface area contributed by atoms with Crippen molar-refractivity contribution in [3.05, 3.63) is 24.3 Å². The summed E-state index contributed by atoms with van der Waals surface area (Å²) in [6, 6.07) is 8.38.